The predicted octanol–water partition coefficient (Wildman–Crippen LogP) is 4.21. The second-order valence-corrected chi connectivity index (χ2v) is 9.60. The van der Waals surface area contributed by atoms with Crippen LogP contribution < -0.4 is 15.2 Å². The molecule has 3 heterocycles. The number of ether oxygens (including phenoxy) is 1. The molecule has 2 aliphatic rings. The van der Waals surface area contributed by atoms with Crippen molar-refractivity contribution in [2.75, 3.05) is 4.90 Å². The highest BCUT2D eigenvalue weighted by molar-refractivity contribution is 8.27. The van der Waals surface area contributed by atoms with Crippen molar-refractivity contribution in [1.82, 2.24) is 9.36 Å². The molecular formula is C24H21N3O3S2. The lowest BCUT2D eigenvalue weighted by atomic mass is 10.1. The van der Waals surface area contributed by atoms with Gasteiger partial charge in [0, 0.05) is 13.5 Å². The Bertz CT molecular complexity index is 1350. The van der Waals surface area contributed by atoms with E-state index in [0.29, 0.717) is 20.6 Å². The van der Waals surface area contributed by atoms with Gasteiger partial charge in [0.25, 0.3) is 11.5 Å². The molecule has 1 saturated heterocycles. The van der Waals surface area contributed by atoms with Crippen molar-refractivity contribution >= 4 is 46.0 Å². The Morgan fingerprint density at radius 3 is 2.66 bits per heavy atom. The van der Waals surface area contributed by atoms with E-state index >= 15 is 0 Å². The summed E-state index contributed by atoms with van der Waals surface area (Å²) in [5.74, 6) is 0.611. The highest BCUT2D eigenvalue weighted by Crippen LogP contribution is 2.37. The van der Waals surface area contributed by atoms with Gasteiger partial charge in [0.15, 0.2) is 4.32 Å². The molecule has 2 aromatic carbocycles. The number of carbonyl (C=O) groups excluding carboxylic acids is 1. The standard InChI is InChI=1S/C24H21N3O3S2/c1-14-11-17-12-16(9-10-19(17)30-14)13-20-22(28)26(24(31)32-20)21-15(2)25(3)27(23(21)29)18-7-5-4-6-8-18/h4-10,12-14H,11H2,1-3H3/b20-13+/t14-/m0/s1. The summed E-state index contributed by atoms with van der Waals surface area (Å²) in [7, 11) is 1.80. The molecule has 0 bridgehead atoms. The maximum Gasteiger partial charge on any atom is 0.296 e. The van der Waals surface area contributed by atoms with Gasteiger partial charge in [0.1, 0.15) is 17.5 Å². The lowest BCUT2D eigenvalue weighted by Gasteiger charge is -2.12. The Balaban J connectivity index is 1.53. The Labute approximate surface area is 195 Å². The van der Waals surface area contributed by atoms with E-state index in [2.05, 4.69) is 0 Å². The molecule has 0 unspecified atom stereocenters. The van der Waals surface area contributed by atoms with Gasteiger partial charge in [0.05, 0.1) is 16.3 Å². The lowest BCUT2D eigenvalue weighted by Crippen LogP contribution is -2.33. The summed E-state index contributed by atoms with van der Waals surface area (Å²) < 4.78 is 9.41. The third kappa shape index (κ3) is 3.30. The van der Waals surface area contributed by atoms with E-state index in [9.17, 15) is 9.59 Å². The van der Waals surface area contributed by atoms with Crippen molar-refractivity contribution in [3.8, 4) is 11.4 Å². The number of para-hydroxylation sites is 1. The second kappa shape index (κ2) is 7.79. The van der Waals surface area contributed by atoms with Crippen LogP contribution in [-0.2, 0) is 18.3 Å². The zero-order valence-electron chi connectivity index (χ0n) is 17.9. The average Bonchev–Trinajstić information content (AvgIpc) is 3.34. The number of thioether (sulfide) groups is 1. The number of hydrogen-bond donors (Lipinski definition) is 0. The number of aromatic nitrogens is 2. The van der Waals surface area contributed by atoms with Crippen LogP contribution in [0.1, 0.15) is 23.7 Å². The smallest absolute Gasteiger partial charge is 0.296 e. The molecule has 1 aromatic heterocycles. The molecule has 2 aliphatic heterocycles. The summed E-state index contributed by atoms with van der Waals surface area (Å²) in [6.45, 7) is 3.86. The number of fused-ring (bicyclic) bond motifs is 1. The molecule has 3 aromatic rings. The van der Waals surface area contributed by atoms with Crippen LogP contribution in [0.4, 0.5) is 5.69 Å². The van der Waals surface area contributed by atoms with Gasteiger partial charge in [-0.15, -0.1) is 0 Å². The molecule has 1 atom stereocenters. The molecule has 0 aliphatic carbocycles. The van der Waals surface area contributed by atoms with Crippen LogP contribution >= 0.6 is 24.0 Å². The molecule has 0 N–H and O–H groups in total. The number of nitrogens with zero attached hydrogens (tertiary/aromatic N) is 3. The highest BCUT2D eigenvalue weighted by atomic mass is 32.2. The van der Waals surface area contributed by atoms with Crippen LogP contribution in [0, 0.1) is 6.92 Å². The van der Waals surface area contributed by atoms with Gasteiger partial charge in [-0.2, -0.15) is 0 Å². The molecule has 162 valence electrons. The van der Waals surface area contributed by atoms with E-state index < -0.39 is 0 Å². The van der Waals surface area contributed by atoms with Crippen molar-refractivity contribution in [1.29, 1.82) is 0 Å². The van der Waals surface area contributed by atoms with Gasteiger partial charge < -0.3 is 4.74 Å². The number of rotatable bonds is 3. The minimum Gasteiger partial charge on any atom is -0.490 e. The fraction of sp³-hybridized carbons (Fsp3) is 0.208. The van der Waals surface area contributed by atoms with Crippen LogP contribution in [0.5, 0.6) is 5.75 Å². The predicted molar refractivity (Wildman–Crippen MR) is 132 cm³/mol. The van der Waals surface area contributed by atoms with Crippen LogP contribution in [0.2, 0.25) is 0 Å². The van der Waals surface area contributed by atoms with Gasteiger partial charge in [-0.1, -0.05) is 48.2 Å². The number of hydrogen-bond acceptors (Lipinski definition) is 5. The van der Waals surface area contributed by atoms with E-state index in [1.807, 2.05) is 68.5 Å². The molecule has 32 heavy (non-hydrogen) atoms. The summed E-state index contributed by atoms with van der Waals surface area (Å²) >= 11 is 6.74. The summed E-state index contributed by atoms with van der Waals surface area (Å²) in [6.07, 6.45) is 2.84. The largest absolute Gasteiger partial charge is 0.490 e. The van der Waals surface area contributed by atoms with Crippen molar-refractivity contribution < 1.29 is 9.53 Å². The number of amides is 1. The normalized spacial score (nSPS) is 19.0. The van der Waals surface area contributed by atoms with E-state index in [4.69, 9.17) is 17.0 Å². The third-order valence-electron chi connectivity index (χ3n) is 5.76. The number of thiocarbonyl (C=S) groups is 1. The zero-order valence-corrected chi connectivity index (χ0v) is 19.5. The fourth-order valence-corrected chi connectivity index (χ4v) is 5.43. The van der Waals surface area contributed by atoms with Gasteiger partial charge in [-0.25, -0.2) is 4.68 Å². The number of carbonyl (C=O) groups is 1. The quantitative estimate of drug-likeness (QED) is 0.430. The monoisotopic (exact) mass is 463 g/mol. The molecule has 6 nitrogen and oxygen atoms in total. The summed E-state index contributed by atoms with van der Waals surface area (Å²) in [4.78, 5) is 28.6. The van der Waals surface area contributed by atoms with E-state index in [-0.39, 0.29) is 17.6 Å². The summed E-state index contributed by atoms with van der Waals surface area (Å²) in [6, 6.07) is 15.2. The highest BCUT2D eigenvalue weighted by Gasteiger charge is 2.37. The molecule has 0 saturated carbocycles. The first-order valence-electron chi connectivity index (χ1n) is 10.3. The first-order chi connectivity index (χ1) is 15.3. The first-order valence-corrected chi connectivity index (χ1v) is 11.5. The average molecular weight is 464 g/mol. The maximum atomic E-state index is 13.4. The van der Waals surface area contributed by atoms with Gasteiger partial charge in [0.2, 0.25) is 0 Å². The molecule has 1 fully saturated rings. The minimum atomic E-state index is -0.281. The summed E-state index contributed by atoms with van der Waals surface area (Å²) in [5, 5.41) is 0. The molecule has 5 rings (SSSR count). The topological polar surface area (TPSA) is 56.5 Å². The molecular weight excluding hydrogens is 442 g/mol. The Hall–Kier alpha value is -3.10. The van der Waals surface area contributed by atoms with Gasteiger partial charge in [-0.05, 0) is 55.3 Å². The van der Waals surface area contributed by atoms with Crippen molar-refractivity contribution in [2.24, 2.45) is 7.05 Å². The molecule has 0 radical (unpaired) electrons. The molecule has 1 amide bonds. The van der Waals surface area contributed by atoms with Crippen LogP contribution in [0.25, 0.3) is 11.8 Å². The van der Waals surface area contributed by atoms with E-state index in [0.717, 1.165) is 29.0 Å². The van der Waals surface area contributed by atoms with Crippen LogP contribution in [-0.4, -0.2) is 25.7 Å². The Kier molecular flexibility index (Phi) is 5.06. The second-order valence-electron chi connectivity index (χ2n) is 7.93. The minimum absolute atomic E-state index is 0.159. The zero-order chi connectivity index (χ0) is 22.6. The van der Waals surface area contributed by atoms with Crippen LogP contribution in [0.3, 0.4) is 0 Å². The maximum absolute atomic E-state index is 13.4. The summed E-state index contributed by atoms with van der Waals surface area (Å²) in [5.41, 5.74) is 3.45. The SMILES string of the molecule is Cc1c(N2C(=O)/C(=C\c3ccc4c(c3)C[C@H](C)O4)SC2=S)c(=O)n(-c2ccccc2)n1C. The van der Waals surface area contributed by atoms with E-state index in [1.54, 1.807) is 16.4 Å². The van der Waals surface area contributed by atoms with E-state index in [1.165, 1.54) is 16.7 Å². The lowest BCUT2D eigenvalue weighted by molar-refractivity contribution is -0.113. The first kappa shape index (κ1) is 20.8. The van der Waals surface area contributed by atoms with Crippen molar-refractivity contribution in [3.05, 3.63) is 80.6 Å². The third-order valence-corrected chi connectivity index (χ3v) is 7.06. The van der Waals surface area contributed by atoms with Crippen molar-refractivity contribution in [2.45, 2.75) is 26.4 Å². The Morgan fingerprint density at radius 2 is 1.91 bits per heavy atom. The van der Waals surface area contributed by atoms with Crippen LogP contribution in [0.15, 0.2) is 58.2 Å². The Morgan fingerprint density at radius 1 is 1.16 bits per heavy atom. The number of anilines is 1. The van der Waals surface area contributed by atoms with Crippen molar-refractivity contribution in [3.63, 3.8) is 0 Å². The van der Waals surface area contributed by atoms with Gasteiger partial charge >= 0.3 is 0 Å². The number of benzene rings is 2. The molecule has 8 heteroatoms. The molecule has 0 spiro atoms. The fourth-order valence-electron chi connectivity index (χ4n) is 4.16. The van der Waals surface area contributed by atoms with Gasteiger partial charge in [-0.3, -0.25) is 19.2 Å².